The Labute approximate surface area is 112 Å². The monoisotopic (exact) mass is 248 g/mol. The molecule has 0 aliphatic rings. The highest BCUT2D eigenvalue weighted by molar-refractivity contribution is 5.23. The molecule has 0 unspecified atom stereocenters. The van der Waals surface area contributed by atoms with Crippen molar-refractivity contribution < 1.29 is 0 Å². The number of nitrogens with zero attached hydrogens (tertiary/aromatic N) is 1. The second-order valence-electron chi connectivity index (χ2n) is 5.85. The lowest BCUT2D eigenvalue weighted by Gasteiger charge is -2.21. The van der Waals surface area contributed by atoms with Crippen LogP contribution in [0, 0.1) is 5.92 Å². The van der Waals surface area contributed by atoms with E-state index in [1.54, 1.807) is 0 Å². The Balaban J connectivity index is 2.51. The minimum atomic E-state index is 0.590. The van der Waals surface area contributed by atoms with Crippen LogP contribution in [-0.2, 0) is 13.1 Å². The highest BCUT2D eigenvalue weighted by atomic mass is 15.1. The first-order chi connectivity index (χ1) is 8.49. The second kappa shape index (κ2) is 7.55. The molecule has 0 saturated carbocycles. The van der Waals surface area contributed by atoms with Crippen LogP contribution in [0.25, 0.3) is 0 Å². The summed E-state index contributed by atoms with van der Waals surface area (Å²) in [6.07, 6.45) is 0. The minimum Gasteiger partial charge on any atom is -0.312 e. The van der Waals surface area contributed by atoms with Gasteiger partial charge in [0.15, 0.2) is 0 Å². The van der Waals surface area contributed by atoms with E-state index >= 15 is 0 Å². The molecule has 2 heteroatoms. The Kier molecular flexibility index (Phi) is 6.37. The van der Waals surface area contributed by atoms with Gasteiger partial charge in [-0.25, -0.2) is 0 Å². The molecule has 2 nitrogen and oxygen atoms in total. The lowest BCUT2D eigenvalue weighted by Crippen LogP contribution is -2.25. The van der Waals surface area contributed by atoms with Crippen LogP contribution < -0.4 is 5.32 Å². The van der Waals surface area contributed by atoms with Gasteiger partial charge in [-0.1, -0.05) is 38.1 Å². The molecule has 18 heavy (non-hydrogen) atoms. The Bertz CT molecular complexity index is 345. The van der Waals surface area contributed by atoms with E-state index in [0.29, 0.717) is 12.0 Å². The maximum Gasteiger partial charge on any atom is 0.0233 e. The lowest BCUT2D eigenvalue weighted by atomic mass is 10.1. The average molecular weight is 248 g/mol. The van der Waals surface area contributed by atoms with E-state index in [0.717, 1.165) is 19.6 Å². The molecule has 0 spiro atoms. The summed E-state index contributed by atoms with van der Waals surface area (Å²) in [5, 5.41) is 3.49. The third-order valence-corrected chi connectivity index (χ3v) is 3.19. The fourth-order valence-electron chi connectivity index (χ4n) is 1.81. The first-order valence-corrected chi connectivity index (χ1v) is 6.97. The predicted molar refractivity (Wildman–Crippen MR) is 79.6 cm³/mol. The molecule has 1 aromatic carbocycles. The van der Waals surface area contributed by atoms with Gasteiger partial charge in [-0.15, -0.1) is 0 Å². The van der Waals surface area contributed by atoms with Crippen molar-refractivity contribution >= 4 is 0 Å². The van der Waals surface area contributed by atoms with Crippen LogP contribution in [0.4, 0.5) is 0 Å². The maximum absolute atomic E-state index is 3.49. The second-order valence-corrected chi connectivity index (χ2v) is 5.85. The molecule has 0 saturated heterocycles. The fraction of sp³-hybridized carbons (Fsp3) is 0.625. The average Bonchev–Trinajstić information content (AvgIpc) is 2.28. The smallest absolute Gasteiger partial charge is 0.0233 e. The molecule has 0 aliphatic carbocycles. The summed E-state index contributed by atoms with van der Waals surface area (Å²) in [7, 11) is 2.17. The SMILES string of the molecule is CC(C)CNCc1cccc(CN(C)C(C)C)c1. The van der Waals surface area contributed by atoms with Gasteiger partial charge >= 0.3 is 0 Å². The minimum absolute atomic E-state index is 0.590. The Hall–Kier alpha value is -0.860. The van der Waals surface area contributed by atoms with Gasteiger partial charge in [0.1, 0.15) is 0 Å². The molecule has 0 bridgehead atoms. The van der Waals surface area contributed by atoms with Gasteiger partial charge in [-0.05, 0) is 44.5 Å². The van der Waals surface area contributed by atoms with E-state index in [4.69, 9.17) is 0 Å². The molecule has 1 aromatic rings. The molecule has 0 aromatic heterocycles. The van der Waals surface area contributed by atoms with Crippen LogP contribution >= 0.6 is 0 Å². The van der Waals surface area contributed by atoms with Crippen molar-refractivity contribution in [2.45, 2.75) is 46.8 Å². The fourth-order valence-corrected chi connectivity index (χ4v) is 1.81. The Morgan fingerprint density at radius 1 is 1.11 bits per heavy atom. The van der Waals surface area contributed by atoms with Gasteiger partial charge in [0.2, 0.25) is 0 Å². The normalized spacial score (nSPS) is 11.8. The zero-order chi connectivity index (χ0) is 13.5. The van der Waals surface area contributed by atoms with Gasteiger partial charge in [-0.3, -0.25) is 4.90 Å². The van der Waals surface area contributed by atoms with Crippen molar-refractivity contribution in [1.29, 1.82) is 0 Å². The zero-order valence-corrected chi connectivity index (χ0v) is 12.5. The summed E-state index contributed by atoms with van der Waals surface area (Å²) in [6, 6.07) is 9.48. The highest BCUT2D eigenvalue weighted by Gasteiger charge is 2.04. The number of rotatable bonds is 7. The molecule has 102 valence electrons. The van der Waals surface area contributed by atoms with E-state index in [1.807, 2.05) is 0 Å². The van der Waals surface area contributed by atoms with Gasteiger partial charge < -0.3 is 5.32 Å². The summed E-state index contributed by atoms with van der Waals surface area (Å²) in [5.41, 5.74) is 2.78. The first-order valence-electron chi connectivity index (χ1n) is 6.97. The molecule has 0 fully saturated rings. The number of hydrogen-bond donors (Lipinski definition) is 1. The Morgan fingerprint density at radius 3 is 2.39 bits per heavy atom. The van der Waals surface area contributed by atoms with Crippen LogP contribution in [0.15, 0.2) is 24.3 Å². The van der Waals surface area contributed by atoms with Crippen molar-refractivity contribution in [2.24, 2.45) is 5.92 Å². The van der Waals surface area contributed by atoms with Crippen molar-refractivity contribution in [2.75, 3.05) is 13.6 Å². The predicted octanol–water partition coefficient (Wildman–Crippen LogP) is 3.27. The quantitative estimate of drug-likeness (QED) is 0.796. The van der Waals surface area contributed by atoms with Crippen LogP contribution in [0.2, 0.25) is 0 Å². The van der Waals surface area contributed by atoms with Gasteiger partial charge in [0, 0.05) is 19.1 Å². The summed E-state index contributed by atoms with van der Waals surface area (Å²) >= 11 is 0. The van der Waals surface area contributed by atoms with Crippen molar-refractivity contribution in [3.63, 3.8) is 0 Å². The topological polar surface area (TPSA) is 15.3 Å². The van der Waals surface area contributed by atoms with E-state index in [2.05, 4.69) is 69.2 Å². The largest absolute Gasteiger partial charge is 0.312 e. The van der Waals surface area contributed by atoms with E-state index in [9.17, 15) is 0 Å². The first kappa shape index (κ1) is 15.2. The summed E-state index contributed by atoms with van der Waals surface area (Å²) in [5.74, 6) is 0.709. The van der Waals surface area contributed by atoms with Crippen molar-refractivity contribution in [3.05, 3.63) is 35.4 Å². The summed E-state index contributed by atoms with van der Waals surface area (Å²) < 4.78 is 0. The number of benzene rings is 1. The maximum atomic E-state index is 3.49. The highest BCUT2D eigenvalue weighted by Crippen LogP contribution is 2.09. The number of hydrogen-bond acceptors (Lipinski definition) is 2. The van der Waals surface area contributed by atoms with Crippen LogP contribution in [-0.4, -0.2) is 24.5 Å². The van der Waals surface area contributed by atoms with Crippen LogP contribution in [0.5, 0.6) is 0 Å². The third kappa shape index (κ3) is 5.65. The van der Waals surface area contributed by atoms with Crippen molar-refractivity contribution in [1.82, 2.24) is 10.2 Å². The molecular formula is C16H28N2. The van der Waals surface area contributed by atoms with Crippen molar-refractivity contribution in [3.8, 4) is 0 Å². The zero-order valence-electron chi connectivity index (χ0n) is 12.5. The molecule has 0 radical (unpaired) electrons. The molecule has 0 heterocycles. The van der Waals surface area contributed by atoms with E-state index in [-0.39, 0.29) is 0 Å². The standard InChI is InChI=1S/C16H28N2/c1-13(2)10-17-11-15-7-6-8-16(9-15)12-18(5)14(3)4/h6-9,13-14,17H,10-12H2,1-5H3. The molecule has 0 amide bonds. The Morgan fingerprint density at radius 2 is 1.78 bits per heavy atom. The lowest BCUT2D eigenvalue weighted by molar-refractivity contribution is 0.266. The summed E-state index contributed by atoms with van der Waals surface area (Å²) in [6.45, 7) is 12.0. The number of nitrogens with one attached hydrogen (secondary N) is 1. The third-order valence-electron chi connectivity index (χ3n) is 3.19. The molecule has 1 rings (SSSR count). The van der Waals surface area contributed by atoms with Crippen LogP contribution in [0.1, 0.15) is 38.8 Å². The van der Waals surface area contributed by atoms with Gasteiger partial charge in [-0.2, -0.15) is 0 Å². The van der Waals surface area contributed by atoms with Gasteiger partial charge in [0.05, 0.1) is 0 Å². The van der Waals surface area contributed by atoms with E-state index in [1.165, 1.54) is 11.1 Å². The van der Waals surface area contributed by atoms with Gasteiger partial charge in [0.25, 0.3) is 0 Å². The molecule has 0 atom stereocenters. The van der Waals surface area contributed by atoms with E-state index < -0.39 is 0 Å². The molecule has 1 N–H and O–H groups in total. The summed E-state index contributed by atoms with van der Waals surface area (Å²) in [4.78, 5) is 2.36. The van der Waals surface area contributed by atoms with Crippen LogP contribution in [0.3, 0.4) is 0 Å². The molecular weight excluding hydrogens is 220 g/mol. The molecule has 0 aliphatic heterocycles.